The summed E-state index contributed by atoms with van der Waals surface area (Å²) in [6.07, 6.45) is 4.78. The number of halogens is 1. The summed E-state index contributed by atoms with van der Waals surface area (Å²) in [5.41, 5.74) is 0.596. The number of ether oxygens (including phenoxy) is 1. The normalized spacial score (nSPS) is 23.4. The molecule has 18 heavy (non-hydrogen) atoms. The molecule has 1 aliphatic rings. The maximum Gasteiger partial charge on any atom is 0.138 e. The lowest BCUT2D eigenvalue weighted by atomic mass is 9.92. The molecule has 2 rings (SSSR count). The third-order valence-electron chi connectivity index (χ3n) is 3.42. The SMILES string of the molecule is CNC1CCCCC1Oc1cc(Br)ccc1C#N. The van der Waals surface area contributed by atoms with Crippen LogP contribution >= 0.6 is 15.9 Å². The summed E-state index contributed by atoms with van der Waals surface area (Å²) in [7, 11) is 1.97. The van der Waals surface area contributed by atoms with E-state index in [-0.39, 0.29) is 6.10 Å². The predicted molar refractivity (Wildman–Crippen MR) is 74.6 cm³/mol. The molecule has 1 saturated carbocycles. The zero-order valence-corrected chi connectivity index (χ0v) is 12.0. The van der Waals surface area contributed by atoms with Crippen LogP contribution in [0.25, 0.3) is 0 Å². The average molecular weight is 309 g/mol. The summed E-state index contributed by atoms with van der Waals surface area (Å²) in [5, 5.41) is 12.4. The number of likely N-dealkylation sites (N-methyl/N-ethyl adjacent to an activating group) is 1. The van der Waals surface area contributed by atoms with Crippen molar-refractivity contribution < 1.29 is 4.74 Å². The fraction of sp³-hybridized carbons (Fsp3) is 0.500. The maximum absolute atomic E-state index is 9.10. The Kier molecular flexibility index (Phi) is 4.62. The summed E-state index contributed by atoms with van der Waals surface area (Å²) >= 11 is 3.42. The molecule has 0 saturated heterocycles. The van der Waals surface area contributed by atoms with Crippen LogP contribution in [0.1, 0.15) is 31.2 Å². The predicted octanol–water partition coefficient (Wildman–Crippen LogP) is 3.23. The molecule has 3 nitrogen and oxygen atoms in total. The Morgan fingerprint density at radius 2 is 2.17 bits per heavy atom. The Morgan fingerprint density at radius 1 is 1.39 bits per heavy atom. The van der Waals surface area contributed by atoms with Crippen LogP contribution in [0.3, 0.4) is 0 Å². The summed E-state index contributed by atoms with van der Waals surface area (Å²) in [4.78, 5) is 0. The van der Waals surface area contributed by atoms with Crippen LogP contribution in [-0.2, 0) is 0 Å². The molecular formula is C14H17BrN2O. The lowest BCUT2D eigenvalue weighted by molar-refractivity contribution is 0.117. The molecule has 1 N–H and O–H groups in total. The molecule has 0 heterocycles. The topological polar surface area (TPSA) is 45.0 Å². The van der Waals surface area contributed by atoms with Crippen LogP contribution in [0.15, 0.2) is 22.7 Å². The molecule has 0 spiro atoms. The minimum Gasteiger partial charge on any atom is -0.487 e. The molecule has 0 amide bonds. The van der Waals surface area contributed by atoms with Crippen molar-refractivity contribution in [1.29, 1.82) is 5.26 Å². The second kappa shape index (κ2) is 6.21. The Hall–Kier alpha value is -1.05. The van der Waals surface area contributed by atoms with Gasteiger partial charge in [-0.3, -0.25) is 0 Å². The molecule has 96 valence electrons. The summed E-state index contributed by atoms with van der Waals surface area (Å²) in [6, 6.07) is 8.08. The Morgan fingerprint density at radius 3 is 2.89 bits per heavy atom. The van der Waals surface area contributed by atoms with Gasteiger partial charge in [-0.2, -0.15) is 5.26 Å². The maximum atomic E-state index is 9.10. The first kappa shape index (κ1) is 13.4. The lowest BCUT2D eigenvalue weighted by Crippen LogP contribution is -2.43. The number of benzene rings is 1. The van der Waals surface area contributed by atoms with Crippen molar-refractivity contribution in [2.45, 2.75) is 37.8 Å². The van der Waals surface area contributed by atoms with Gasteiger partial charge in [-0.1, -0.05) is 22.4 Å². The van der Waals surface area contributed by atoms with Crippen molar-refractivity contribution in [3.8, 4) is 11.8 Å². The zero-order valence-electron chi connectivity index (χ0n) is 10.4. The van der Waals surface area contributed by atoms with Crippen LogP contribution in [-0.4, -0.2) is 19.2 Å². The fourth-order valence-corrected chi connectivity index (χ4v) is 2.76. The van der Waals surface area contributed by atoms with Gasteiger partial charge in [0.25, 0.3) is 0 Å². The summed E-state index contributed by atoms with van der Waals surface area (Å²) in [5.74, 6) is 0.680. The standard InChI is InChI=1S/C14H17BrN2O/c1-17-12-4-2-3-5-13(12)18-14-8-11(15)7-6-10(14)9-16/h6-8,12-13,17H,2-5H2,1H3. The van der Waals surface area contributed by atoms with Gasteiger partial charge in [0.15, 0.2) is 0 Å². The molecule has 0 radical (unpaired) electrons. The van der Waals surface area contributed by atoms with Crippen molar-refractivity contribution in [3.05, 3.63) is 28.2 Å². The van der Waals surface area contributed by atoms with Crippen LogP contribution < -0.4 is 10.1 Å². The van der Waals surface area contributed by atoms with Crippen LogP contribution in [0.4, 0.5) is 0 Å². The van der Waals surface area contributed by atoms with Crippen LogP contribution in [0, 0.1) is 11.3 Å². The van der Waals surface area contributed by atoms with Crippen molar-refractivity contribution in [1.82, 2.24) is 5.32 Å². The summed E-state index contributed by atoms with van der Waals surface area (Å²) in [6.45, 7) is 0. The highest BCUT2D eigenvalue weighted by molar-refractivity contribution is 9.10. The number of hydrogen-bond acceptors (Lipinski definition) is 3. The molecule has 1 fully saturated rings. The van der Waals surface area contributed by atoms with E-state index in [1.54, 1.807) is 6.07 Å². The number of nitrogens with one attached hydrogen (secondary N) is 1. The van der Waals surface area contributed by atoms with Crippen LogP contribution in [0.2, 0.25) is 0 Å². The largest absolute Gasteiger partial charge is 0.487 e. The smallest absolute Gasteiger partial charge is 0.138 e. The first-order chi connectivity index (χ1) is 8.74. The van der Waals surface area contributed by atoms with E-state index in [2.05, 4.69) is 27.3 Å². The van der Waals surface area contributed by atoms with E-state index in [9.17, 15) is 0 Å². The lowest BCUT2D eigenvalue weighted by Gasteiger charge is -2.31. The third kappa shape index (κ3) is 3.04. The second-order valence-corrected chi connectivity index (χ2v) is 5.50. The van der Waals surface area contributed by atoms with E-state index >= 15 is 0 Å². The number of nitrogens with zero attached hydrogens (tertiary/aromatic N) is 1. The van der Waals surface area contributed by atoms with E-state index in [0.717, 1.165) is 17.3 Å². The van der Waals surface area contributed by atoms with Gasteiger partial charge in [-0.05, 0) is 44.5 Å². The van der Waals surface area contributed by atoms with Gasteiger partial charge >= 0.3 is 0 Å². The molecule has 2 unspecified atom stereocenters. The Balaban J connectivity index is 2.17. The Bertz CT molecular complexity index is 456. The molecule has 1 aromatic carbocycles. The number of rotatable bonds is 3. The second-order valence-electron chi connectivity index (χ2n) is 4.59. The van der Waals surface area contributed by atoms with Gasteiger partial charge in [0.05, 0.1) is 5.56 Å². The van der Waals surface area contributed by atoms with E-state index in [4.69, 9.17) is 10.00 Å². The van der Waals surface area contributed by atoms with Gasteiger partial charge in [0.2, 0.25) is 0 Å². The first-order valence-corrected chi connectivity index (χ1v) is 7.07. The minimum absolute atomic E-state index is 0.158. The average Bonchev–Trinajstić information content (AvgIpc) is 2.40. The minimum atomic E-state index is 0.158. The highest BCUT2D eigenvalue weighted by Crippen LogP contribution is 2.28. The quantitative estimate of drug-likeness (QED) is 0.932. The van der Waals surface area contributed by atoms with Gasteiger partial charge in [0, 0.05) is 10.5 Å². The highest BCUT2D eigenvalue weighted by atomic mass is 79.9. The molecule has 0 bridgehead atoms. The van der Waals surface area contributed by atoms with Crippen molar-refractivity contribution in [2.24, 2.45) is 0 Å². The van der Waals surface area contributed by atoms with Gasteiger partial charge in [-0.15, -0.1) is 0 Å². The Labute approximate surface area is 116 Å². The zero-order chi connectivity index (χ0) is 13.0. The molecule has 1 aromatic rings. The number of hydrogen-bond donors (Lipinski definition) is 1. The monoisotopic (exact) mass is 308 g/mol. The molecular weight excluding hydrogens is 292 g/mol. The molecule has 2 atom stereocenters. The molecule has 0 aromatic heterocycles. The summed E-state index contributed by atoms with van der Waals surface area (Å²) < 4.78 is 6.98. The van der Waals surface area contributed by atoms with E-state index in [1.807, 2.05) is 19.2 Å². The first-order valence-electron chi connectivity index (χ1n) is 6.28. The van der Waals surface area contributed by atoms with Crippen molar-refractivity contribution >= 4 is 15.9 Å². The van der Waals surface area contributed by atoms with Gasteiger partial charge < -0.3 is 10.1 Å². The molecule has 1 aliphatic carbocycles. The van der Waals surface area contributed by atoms with Gasteiger partial charge in [0.1, 0.15) is 17.9 Å². The van der Waals surface area contributed by atoms with E-state index < -0.39 is 0 Å². The molecule has 0 aliphatic heterocycles. The third-order valence-corrected chi connectivity index (χ3v) is 3.91. The van der Waals surface area contributed by atoms with Crippen LogP contribution in [0.5, 0.6) is 5.75 Å². The van der Waals surface area contributed by atoms with Crippen molar-refractivity contribution in [3.63, 3.8) is 0 Å². The van der Waals surface area contributed by atoms with Crippen molar-refractivity contribution in [2.75, 3.05) is 7.05 Å². The fourth-order valence-electron chi connectivity index (χ4n) is 2.42. The highest BCUT2D eigenvalue weighted by Gasteiger charge is 2.26. The molecule has 4 heteroatoms. The van der Waals surface area contributed by atoms with E-state index in [1.165, 1.54) is 12.8 Å². The van der Waals surface area contributed by atoms with Gasteiger partial charge in [-0.25, -0.2) is 0 Å². The number of nitriles is 1. The van der Waals surface area contributed by atoms with E-state index in [0.29, 0.717) is 17.4 Å².